The number of aliphatic hydroxyl groups is 1. The summed E-state index contributed by atoms with van der Waals surface area (Å²) in [5.41, 5.74) is -0.844. The molecule has 24 heavy (non-hydrogen) atoms. The molecule has 0 saturated heterocycles. The van der Waals surface area contributed by atoms with E-state index in [0.29, 0.717) is 23.7 Å². The third kappa shape index (κ3) is 1.12. The van der Waals surface area contributed by atoms with Crippen LogP contribution in [0.3, 0.4) is 0 Å². The van der Waals surface area contributed by atoms with Crippen LogP contribution in [0.1, 0.15) is 72.1 Å². The second kappa shape index (κ2) is 3.61. The molecule has 2 spiro atoms. The van der Waals surface area contributed by atoms with E-state index in [1.165, 1.54) is 32.1 Å². The summed E-state index contributed by atoms with van der Waals surface area (Å²) in [5, 5.41) is 11.7. The molecule has 0 radical (unpaired) electrons. The van der Waals surface area contributed by atoms with Gasteiger partial charge in [0.1, 0.15) is 5.60 Å². The molecule has 9 rings (SSSR count). The molecule has 4 unspecified atom stereocenters. The van der Waals surface area contributed by atoms with Gasteiger partial charge in [0.2, 0.25) is 0 Å². The summed E-state index contributed by atoms with van der Waals surface area (Å²) in [6.07, 6.45) is 8.97. The number of hydrogen-bond acceptors (Lipinski definition) is 3. The third-order valence-electron chi connectivity index (χ3n) is 10.1. The van der Waals surface area contributed by atoms with E-state index in [9.17, 15) is 9.90 Å². The van der Waals surface area contributed by atoms with E-state index in [1.54, 1.807) is 0 Å². The molecule has 0 aliphatic heterocycles. The van der Waals surface area contributed by atoms with Crippen molar-refractivity contribution >= 4 is 5.97 Å². The van der Waals surface area contributed by atoms with Gasteiger partial charge in [0.05, 0.1) is 11.0 Å². The summed E-state index contributed by atoms with van der Waals surface area (Å²) >= 11 is 0. The molecule has 0 amide bonds. The van der Waals surface area contributed by atoms with Crippen LogP contribution in [0.2, 0.25) is 0 Å². The quantitative estimate of drug-likeness (QED) is 0.803. The summed E-state index contributed by atoms with van der Waals surface area (Å²) in [6.45, 7) is 6.12. The van der Waals surface area contributed by atoms with Gasteiger partial charge in [-0.05, 0) is 77.0 Å². The van der Waals surface area contributed by atoms with Gasteiger partial charge in [-0.25, -0.2) is 0 Å². The predicted octanol–water partition coefficient (Wildman–Crippen LogP) is 3.69. The van der Waals surface area contributed by atoms with Crippen LogP contribution in [0.5, 0.6) is 0 Å². The minimum absolute atomic E-state index is 0.0108. The lowest BCUT2D eigenvalue weighted by molar-refractivity contribution is -0.485. The highest BCUT2D eigenvalue weighted by Gasteiger charge is 2.93. The Bertz CT molecular complexity index is 636. The first kappa shape index (κ1) is 14.6. The van der Waals surface area contributed by atoms with Crippen LogP contribution in [0.15, 0.2) is 0 Å². The number of ether oxygens (including phenoxy) is 1. The molecule has 0 aromatic carbocycles. The average molecular weight is 330 g/mol. The Hall–Kier alpha value is -0.570. The van der Waals surface area contributed by atoms with Crippen molar-refractivity contribution in [2.45, 2.75) is 83.3 Å². The molecule has 8 bridgehead atoms. The highest BCUT2D eigenvalue weighted by molar-refractivity contribution is 5.76. The van der Waals surface area contributed by atoms with Gasteiger partial charge in [0, 0.05) is 22.7 Å². The fourth-order valence-electron chi connectivity index (χ4n) is 9.24. The Morgan fingerprint density at radius 3 is 2.29 bits per heavy atom. The van der Waals surface area contributed by atoms with Crippen LogP contribution in [-0.4, -0.2) is 22.3 Å². The van der Waals surface area contributed by atoms with Crippen molar-refractivity contribution in [3.8, 4) is 0 Å². The second-order valence-corrected chi connectivity index (χ2v) is 11.1. The lowest BCUT2D eigenvalue weighted by atomic mass is 9.14. The maximum atomic E-state index is 13.0. The van der Waals surface area contributed by atoms with Gasteiger partial charge in [0.25, 0.3) is 0 Å². The first-order valence-corrected chi connectivity index (χ1v) is 10.2. The Morgan fingerprint density at radius 2 is 1.71 bits per heavy atom. The van der Waals surface area contributed by atoms with Crippen LogP contribution in [0, 0.1) is 39.9 Å². The largest absolute Gasteiger partial charge is 0.458 e. The SMILES string of the molecule is CCC(C)(C)C(=O)OC12CC3CC45CC6(C3)C1CC(CC24)CC56O. The number of hydrogen-bond donors (Lipinski definition) is 1. The van der Waals surface area contributed by atoms with Crippen molar-refractivity contribution in [1.82, 2.24) is 0 Å². The van der Waals surface area contributed by atoms with Gasteiger partial charge in [-0.3, -0.25) is 4.79 Å². The molecular weight excluding hydrogens is 300 g/mol. The standard InChI is InChI=1S/C21H30O3/c1-4-17(2,3)16(22)24-20-9-13-7-18-11-19(8-13)15(20)6-12(5-14(18)20)10-21(18,19)23/h12-15,23H,4-11H2,1-3H3. The van der Waals surface area contributed by atoms with E-state index >= 15 is 0 Å². The molecule has 9 saturated carbocycles. The molecule has 0 aromatic heterocycles. The zero-order valence-corrected chi connectivity index (χ0v) is 15.2. The average Bonchev–Trinajstić information content (AvgIpc) is 2.52. The number of carbonyl (C=O) groups excluding carboxylic acids is 1. The fraction of sp³-hybridized carbons (Fsp3) is 0.952. The predicted molar refractivity (Wildman–Crippen MR) is 89.0 cm³/mol. The molecular formula is C21H30O3. The zero-order valence-electron chi connectivity index (χ0n) is 15.2. The molecule has 4 atom stereocenters. The molecule has 9 aliphatic carbocycles. The fourth-order valence-corrected chi connectivity index (χ4v) is 9.24. The van der Waals surface area contributed by atoms with Crippen LogP contribution >= 0.6 is 0 Å². The maximum Gasteiger partial charge on any atom is 0.312 e. The van der Waals surface area contributed by atoms with Crippen molar-refractivity contribution in [2.75, 3.05) is 0 Å². The van der Waals surface area contributed by atoms with Crippen LogP contribution in [-0.2, 0) is 9.53 Å². The summed E-state index contributed by atoms with van der Waals surface area (Å²) in [4.78, 5) is 13.0. The monoisotopic (exact) mass is 330 g/mol. The molecule has 132 valence electrons. The van der Waals surface area contributed by atoms with E-state index in [1.807, 2.05) is 13.8 Å². The smallest absolute Gasteiger partial charge is 0.312 e. The lowest BCUT2D eigenvalue weighted by Gasteiger charge is -2.91. The lowest BCUT2D eigenvalue weighted by Crippen LogP contribution is -2.93. The molecule has 0 aromatic rings. The third-order valence-corrected chi connectivity index (χ3v) is 10.1. The second-order valence-electron chi connectivity index (χ2n) is 11.1. The van der Waals surface area contributed by atoms with Crippen LogP contribution in [0.4, 0.5) is 0 Å². The van der Waals surface area contributed by atoms with Crippen molar-refractivity contribution in [1.29, 1.82) is 0 Å². The van der Waals surface area contributed by atoms with Crippen molar-refractivity contribution in [3.05, 3.63) is 0 Å². The van der Waals surface area contributed by atoms with E-state index < -0.39 is 11.0 Å². The molecule has 9 aliphatic rings. The number of esters is 1. The van der Waals surface area contributed by atoms with Gasteiger partial charge in [-0.1, -0.05) is 6.92 Å². The molecule has 9 fully saturated rings. The molecule has 3 heteroatoms. The summed E-state index contributed by atoms with van der Waals surface area (Å²) in [5.74, 6) is 2.23. The zero-order chi connectivity index (χ0) is 16.8. The van der Waals surface area contributed by atoms with Gasteiger partial charge < -0.3 is 9.84 Å². The van der Waals surface area contributed by atoms with Gasteiger partial charge >= 0.3 is 5.97 Å². The van der Waals surface area contributed by atoms with E-state index in [4.69, 9.17) is 4.74 Å². The van der Waals surface area contributed by atoms with Crippen molar-refractivity contribution in [2.24, 2.45) is 39.9 Å². The molecule has 0 heterocycles. The molecule has 3 nitrogen and oxygen atoms in total. The highest BCUT2D eigenvalue weighted by Crippen LogP contribution is 2.92. The minimum atomic E-state index is -0.413. The summed E-state index contributed by atoms with van der Waals surface area (Å²) in [6, 6.07) is 0. The number of carbonyl (C=O) groups is 1. The topological polar surface area (TPSA) is 46.5 Å². The first-order chi connectivity index (χ1) is 11.2. The minimum Gasteiger partial charge on any atom is -0.458 e. The summed E-state index contributed by atoms with van der Waals surface area (Å²) < 4.78 is 6.53. The Balaban J connectivity index is 1.48. The maximum absolute atomic E-state index is 13.0. The van der Waals surface area contributed by atoms with Gasteiger partial charge in [-0.15, -0.1) is 0 Å². The van der Waals surface area contributed by atoms with Gasteiger partial charge in [-0.2, -0.15) is 0 Å². The van der Waals surface area contributed by atoms with E-state index in [0.717, 1.165) is 19.3 Å². The summed E-state index contributed by atoms with van der Waals surface area (Å²) in [7, 11) is 0. The highest BCUT2D eigenvalue weighted by atomic mass is 16.6. The Kier molecular flexibility index (Phi) is 2.19. The van der Waals surface area contributed by atoms with E-state index in [-0.39, 0.29) is 22.4 Å². The first-order valence-electron chi connectivity index (χ1n) is 10.2. The molecule has 1 N–H and O–H groups in total. The Labute approximate surface area is 144 Å². The number of rotatable bonds is 3. The van der Waals surface area contributed by atoms with Crippen molar-refractivity contribution in [3.63, 3.8) is 0 Å². The van der Waals surface area contributed by atoms with Crippen molar-refractivity contribution < 1.29 is 14.6 Å². The van der Waals surface area contributed by atoms with E-state index in [2.05, 4.69) is 6.92 Å². The van der Waals surface area contributed by atoms with Gasteiger partial charge in [0.15, 0.2) is 0 Å². The normalized spacial score (nSPS) is 61.2. The van der Waals surface area contributed by atoms with Crippen LogP contribution < -0.4 is 0 Å². The Morgan fingerprint density at radius 1 is 1.08 bits per heavy atom. The van der Waals surface area contributed by atoms with Crippen LogP contribution in [0.25, 0.3) is 0 Å².